The van der Waals surface area contributed by atoms with Crippen LogP contribution in [0.5, 0.6) is 0 Å². The van der Waals surface area contributed by atoms with Crippen molar-refractivity contribution in [3.05, 3.63) is 59.3 Å². The number of amides is 4. The van der Waals surface area contributed by atoms with Gasteiger partial charge in [-0.2, -0.15) is 4.73 Å². The third kappa shape index (κ3) is 6.13. The van der Waals surface area contributed by atoms with Crippen LogP contribution < -0.4 is 25.2 Å². The molecule has 4 amide bonds. The van der Waals surface area contributed by atoms with Crippen molar-refractivity contribution in [2.24, 2.45) is 0 Å². The number of urea groups is 1. The van der Waals surface area contributed by atoms with Gasteiger partial charge in [0.15, 0.2) is 6.20 Å². The van der Waals surface area contributed by atoms with Gasteiger partial charge in [0.2, 0.25) is 5.91 Å². The molecule has 12 heteroatoms. The zero-order valence-electron chi connectivity index (χ0n) is 20.5. The molecule has 2 aliphatic rings. The van der Waals surface area contributed by atoms with Gasteiger partial charge in [0, 0.05) is 63.0 Å². The van der Waals surface area contributed by atoms with Crippen molar-refractivity contribution in [3.63, 3.8) is 0 Å². The fourth-order valence-electron chi connectivity index (χ4n) is 4.44. The van der Waals surface area contributed by atoms with Crippen LogP contribution in [-0.2, 0) is 9.59 Å². The van der Waals surface area contributed by atoms with Crippen molar-refractivity contribution in [3.8, 4) is 0 Å². The van der Waals surface area contributed by atoms with E-state index in [-0.39, 0.29) is 36.0 Å². The summed E-state index contributed by atoms with van der Waals surface area (Å²) in [6.07, 6.45) is 2.12. The lowest BCUT2D eigenvalue weighted by molar-refractivity contribution is -0.607. The standard InChI is InChI=1S/C25H29FN6O5/c1-17(33)5-6-18-16-31(25(36)28-18)19-7-8-21(20(26)14-19)29-10-12-30(13-11-29)23(34)15-27-24(35)22-4-2-3-9-32(22)37/h2-4,7-9,14,18H,5-6,10-13,15-16H2,1H3,(H,27,35)(H,28,36)/t18-/m0/s1. The van der Waals surface area contributed by atoms with Crippen LogP contribution in [0.4, 0.5) is 20.6 Å². The first-order valence-electron chi connectivity index (χ1n) is 12.1. The first kappa shape index (κ1) is 25.9. The fraction of sp³-hybridized carbons (Fsp3) is 0.400. The third-order valence-electron chi connectivity index (χ3n) is 6.49. The maximum Gasteiger partial charge on any atom is 0.322 e. The lowest BCUT2D eigenvalue weighted by Crippen LogP contribution is -2.52. The molecular weight excluding hydrogens is 483 g/mol. The summed E-state index contributed by atoms with van der Waals surface area (Å²) in [4.78, 5) is 53.1. The molecule has 1 aromatic heterocycles. The maximum atomic E-state index is 15.0. The monoisotopic (exact) mass is 512 g/mol. The molecule has 1 atom stereocenters. The lowest BCUT2D eigenvalue weighted by atomic mass is 10.1. The Morgan fingerprint density at radius 3 is 2.59 bits per heavy atom. The smallest absolute Gasteiger partial charge is 0.322 e. The van der Waals surface area contributed by atoms with Gasteiger partial charge >= 0.3 is 11.9 Å². The number of carbonyl (C=O) groups is 4. The van der Waals surface area contributed by atoms with Crippen LogP contribution in [0.2, 0.25) is 0 Å². The van der Waals surface area contributed by atoms with Crippen molar-refractivity contribution in [2.75, 3.05) is 49.1 Å². The molecule has 2 saturated heterocycles. The molecule has 0 radical (unpaired) electrons. The minimum absolute atomic E-state index is 0.0544. The molecule has 196 valence electrons. The molecule has 3 heterocycles. The molecule has 2 aliphatic heterocycles. The van der Waals surface area contributed by atoms with Gasteiger partial charge in [0.05, 0.1) is 12.2 Å². The van der Waals surface area contributed by atoms with Crippen LogP contribution in [0.25, 0.3) is 0 Å². The van der Waals surface area contributed by atoms with Gasteiger partial charge in [-0.3, -0.25) is 14.5 Å². The molecule has 37 heavy (non-hydrogen) atoms. The molecule has 0 saturated carbocycles. The van der Waals surface area contributed by atoms with Gasteiger partial charge in [-0.05, 0) is 37.6 Å². The Hall–Kier alpha value is -4.22. The number of hydrogen-bond donors (Lipinski definition) is 2. The van der Waals surface area contributed by atoms with E-state index in [4.69, 9.17) is 0 Å². The van der Waals surface area contributed by atoms with Gasteiger partial charge in [-0.15, -0.1) is 0 Å². The van der Waals surface area contributed by atoms with E-state index >= 15 is 4.39 Å². The zero-order chi connectivity index (χ0) is 26.5. The second-order valence-electron chi connectivity index (χ2n) is 9.10. The SMILES string of the molecule is CC(=O)CC[C@H]1CN(c2ccc(N3CCN(C(=O)CNC(=O)c4cccc[n+]4[O-])CC3)c(F)c2)C(=O)N1. The van der Waals surface area contributed by atoms with Crippen LogP contribution in [0, 0.1) is 11.0 Å². The molecule has 0 spiro atoms. The molecule has 2 fully saturated rings. The number of aromatic nitrogens is 1. The Morgan fingerprint density at radius 1 is 1.16 bits per heavy atom. The molecule has 2 aromatic rings. The number of halogens is 1. The Kier molecular flexibility index (Phi) is 7.85. The highest BCUT2D eigenvalue weighted by Gasteiger charge is 2.31. The average Bonchev–Trinajstić information content (AvgIpc) is 3.26. The maximum absolute atomic E-state index is 15.0. The van der Waals surface area contributed by atoms with Gasteiger partial charge in [0.1, 0.15) is 11.6 Å². The van der Waals surface area contributed by atoms with Crippen molar-refractivity contribution in [1.29, 1.82) is 0 Å². The van der Waals surface area contributed by atoms with Crippen LogP contribution >= 0.6 is 0 Å². The highest BCUT2D eigenvalue weighted by molar-refractivity contribution is 5.95. The largest absolute Gasteiger partial charge is 0.618 e. The third-order valence-corrected chi connectivity index (χ3v) is 6.49. The predicted molar refractivity (Wildman–Crippen MR) is 133 cm³/mol. The van der Waals surface area contributed by atoms with E-state index in [1.165, 1.54) is 36.2 Å². The number of carbonyl (C=O) groups excluding carboxylic acids is 4. The molecular formula is C25H29FN6O5. The van der Waals surface area contributed by atoms with E-state index in [1.807, 2.05) is 4.90 Å². The van der Waals surface area contributed by atoms with Crippen molar-refractivity contribution in [1.82, 2.24) is 15.5 Å². The molecule has 0 unspecified atom stereocenters. The number of benzene rings is 1. The first-order chi connectivity index (χ1) is 17.7. The van der Waals surface area contributed by atoms with Gasteiger partial charge in [-0.25, -0.2) is 9.18 Å². The number of nitrogens with zero attached hydrogens (tertiary/aromatic N) is 4. The minimum Gasteiger partial charge on any atom is -0.618 e. The Balaban J connectivity index is 1.29. The predicted octanol–water partition coefficient (Wildman–Crippen LogP) is 0.805. The first-order valence-corrected chi connectivity index (χ1v) is 12.1. The average molecular weight is 513 g/mol. The Bertz CT molecular complexity index is 1200. The lowest BCUT2D eigenvalue weighted by Gasteiger charge is -2.36. The summed E-state index contributed by atoms with van der Waals surface area (Å²) < 4.78 is 15.5. The molecule has 0 bridgehead atoms. The molecule has 0 aliphatic carbocycles. The number of pyridine rings is 1. The van der Waals surface area contributed by atoms with Crippen LogP contribution in [0.1, 0.15) is 30.3 Å². The summed E-state index contributed by atoms with van der Waals surface area (Å²) in [5.41, 5.74) is 0.712. The number of anilines is 2. The van der Waals surface area contributed by atoms with Gasteiger partial charge < -0.3 is 30.4 Å². The summed E-state index contributed by atoms with van der Waals surface area (Å²) in [5.74, 6) is -1.35. The van der Waals surface area contributed by atoms with Crippen LogP contribution in [-0.4, -0.2) is 73.8 Å². The summed E-state index contributed by atoms with van der Waals surface area (Å²) >= 11 is 0. The number of Topliss-reactive ketones (excluding diaryl/α,β-unsaturated/α-hetero) is 1. The second-order valence-corrected chi connectivity index (χ2v) is 9.10. The molecule has 4 rings (SSSR count). The van der Waals surface area contributed by atoms with Crippen molar-refractivity contribution in [2.45, 2.75) is 25.8 Å². The molecule has 2 N–H and O–H groups in total. The summed E-state index contributed by atoms with van der Waals surface area (Å²) in [7, 11) is 0. The van der Waals surface area contributed by atoms with Gasteiger partial charge in [0.25, 0.3) is 5.69 Å². The van der Waals surface area contributed by atoms with E-state index < -0.39 is 11.7 Å². The number of ketones is 1. The van der Waals surface area contributed by atoms with Crippen molar-refractivity contribution >= 4 is 35.0 Å². The fourth-order valence-corrected chi connectivity index (χ4v) is 4.44. The molecule has 11 nitrogen and oxygen atoms in total. The zero-order valence-corrected chi connectivity index (χ0v) is 20.5. The highest BCUT2D eigenvalue weighted by Crippen LogP contribution is 2.28. The van der Waals surface area contributed by atoms with E-state index in [9.17, 15) is 24.4 Å². The van der Waals surface area contributed by atoms with Gasteiger partial charge in [-0.1, -0.05) is 0 Å². The van der Waals surface area contributed by atoms with Crippen LogP contribution in [0.15, 0.2) is 42.6 Å². The van der Waals surface area contributed by atoms with E-state index in [1.54, 1.807) is 23.1 Å². The Morgan fingerprint density at radius 2 is 1.92 bits per heavy atom. The quantitative estimate of drug-likeness (QED) is 0.398. The van der Waals surface area contributed by atoms with E-state index in [2.05, 4.69) is 10.6 Å². The highest BCUT2D eigenvalue weighted by atomic mass is 19.1. The normalized spacial score (nSPS) is 17.5. The summed E-state index contributed by atoms with van der Waals surface area (Å²) in [6.45, 7) is 3.10. The number of rotatable bonds is 8. The van der Waals surface area contributed by atoms with Crippen molar-refractivity contribution < 1.29 is 28.3 Å². The minimum atomic E-state index is -0.637. The number of nitrogens with one attached hydrogen (secondary N) is 2. The van der Waals surface area contributed by atoms with Crippen LogP contribution in [0.3, 0.4) is 0 Å². The second kappa shape index (κ2) is 11.2. The Labute approximate surface area is 213 Å². The number of piperazine rings is 1. The summed E-state index contributed by atoms with van der Waals surface area (Å²) in [6, 6.07) is 8.57. The molecule has 1 aromatic carbocycles. The topological polar surface area (TPSA) is 129 Å². The van der Waals surface area contributed by atoms with E-state index in [0.717, 1.165) is 0 Å². The van der Waals surface area contributed by atoms with E-state index in [0.29, 0.717) is 61.7 Å². The summed E-state index contributed by atoms with van der Waals surface area (Å²) in [5, 5.41) is 17.0. The number of hydrogen-bond acceptors (Lipinski definition) is 6.